The van der Waals surface area contributed by atoms with Crippen LogP contribution in [0.4, 0.5) is 0 Å². The fraction of sp³-hybridized carbons (Fsp3) is 0.500. The number of rotatable bonds is 3. The second kappa shape index (κ2) is 4.15. The van der Waals surface area contributed by atoms with Crippen LogP contribution in [0.5, 0.6) is 0 Å². The molecule has 1 aliphatic rings. The standard InChI is InChI=1S/C10H13NO5S/c1-7-4-5-9(16-7)17(14,15)11-6-2-3-8(11)10(12)13/h4-5,8H,2-3,6H2,1H3,(H,12,13). The van der Waals surface area contributed by atoms with Gasteiger partial charge in [0.05, 0.1) is 0 Å². The van der Waals surface area contributed by atoms with Crippen molar-refractivity contribution < 1.29 is 22.7 Å². The van der Waals surface area contributed by atoms with E-state index < -0.39 is 22.0 Å². The molecule has 1 fully saturated rings. The lowest BCUT2D eigenvalue weighted by atomic mass is 10.2. The summed E-state index contributed by atoms with van der Waals surface area (Å²) in [6.07, 6.45) is 0.893. The molecule has 0 saturated carbocycles. The third kappa shape index (κ3) is 2.07. The number of nitrogens with zero attached hydrogens (tertiary/aromatic N) is 1. The largest absolute Gasteiger partial charge is 0.480 e. The molecular formula is C10H13NO5S. The summed E-state index contributed by atoms with van der Waals surface area (Å²) in [6, 6.07) is 1.91. The van der Waals surface area contributed by atoms with Crippen LogP contribution in [0.2, 0.25) is 0 Å². The van der Waals surface area contributed by atoms with Gasteiger partial charge in [-0.25, -0.2) is 8.42 Å². The van der Waals surface area contributed by atoms with Crippen molar-refractivity contribution in [1.29, 1.82) is 0 Å². The summed E-state index contributed by atoms with van der Waals surface area (Å²) in [7, 11) is -3.83. The van der Waals surface area contributed by atoms with Crippen LogP contribution in [0.1, 0.15) is 18.6 Å². The Balaban J connectivity index is 2.36. The Bertz CT molecular complexity index is 533. The maximum Gasteiger partial charge on any atom is 0.322 e. The third-order valence-corrected chi connectivity index (χ3v) is 4.55. The summed E-state index contributed by atoms with van der Waals surface area (Å²) in [4.78, 5) is 11.0. The maximum absolute atomic E-state index is 12.1. The average molecular weight is 259 g/mol. The molecule has 0 aromatic carbocycles. The lowest BCUT2D eigenvalue weighted by Crippen LogP contribution is -2.40. The van der Waals surface area contributed by atoms with E-state index in [0.717, 1.165) is 4.31 Å². The molecule has 7 heteroatoms. The summed E-state index contributed by atoms with van der Waals surface area (Å²) in [5.41, 5.74) is 0. The van der Waals surface area contributed by atoms with E-state index in [4.69, 9.17) is 9.52 Å². The number of aliphatic carboxylic acids is 1. The molecule has 1 N–H and O–H groups in total. The first-order chi connectivity index (χ1) is 7.93. The van der Waals surface area contributed by atoms with E-state index in [-0.39, 0.29) is 11.6 Å². The number of carboxylic acids is 1. The highest BCUT2D eigenvalue weighted by atomic mass is 32.2. The van der Waals surface area contributed by atoms with Crippen molar-refractivity contribution in [1.82, 2.24) is 4.31 Å². The molecule has 0 bridgehead atoms. The molecule has 1 aromatic rings. The molecule has 94 valence electrons. The Morgan fingerprint density at radius 2 is 2.24 bits per heavy atom. The molecule has 1 aromatic heterocycles. The number of furan rings is 1. The molecule has 0 amide bonds. The first-order valence-electron chi connectivity index (χ1n) is 5.24. The summed E-state index contributed by atoms with van der Waals surface area (Å²) >= 11 is 0. The zero-order chi connectivity index (χ0) is 12.6. The molecule has 1 saturated heterocycles. The minimum atomic E-state index is -3.83. The van der Waals surface area contributed by atoms with Crippen LogP contribution in [0.25, 0.3) is 0 Å². The van der Waals surface area contributed by atoms with Crippen molar-refractivity contribution in [2.24, 2.45) is 0 Å². The van der Waals surface area contributed by atoms with Crippen LogP contribution in [-0.2, 0) is 14.8 Å². The number of carboxylic acid groups (broad SMARTS) is 1. The van der Waals surface area contributed by atoms with Crippen molar-refractivity contribution in [3.8, 4) is 0 Å². The van der Waals surface area contributed by atoms with Crippen LogP contribution < -0.4 is 0 Å². The maximum atomic E-state index is 12.1. The van der Waals surface area contributed by atoms with Crippen LogP contribution >= 0.6 is 0 Å². The van der Waals surface area contributed by atoms with Crippen molar-refractivity contribution in [2.45, 2.75) is 30.9 Å². The molecule has 0 radical (unpaired) electrons. The Morgan fingerprint density at radius 3 is 2.76 bits per heavy atom. The van der Waals surface area contributed by atoms with Crippen molar-refractivity contribution in [2.75, 3.05) is 6.54 Å². The summed E-state index contributed by atoms with van der Waals surface area (Å²) in [6.45, 7) is 1.86. The number of hydrogen-bond donors (Lipinski definition) is 1. The molecular weight excluding hydrogens is 246 g/mol. The quantitative estimate of drug-likeness (QED) is 0.868. The van der Waals surface area contributed by atoms with Gasteiger partial charge in [0.15, 0.2) is 0 Å². The second-order valence-electron chi connectivity index (χ2n) is 3.98. The van der Waals surface area contributed by atoms with Gasteiger partial charge in [-0.2, -0.15) is 4.31 Å². The smallest absolute Gasteiger partial charge is 0.322 e. The van der Waals surface area contributed by atoms with Gasteiger partial charge in [0.2, 0.25) is 5.09 Å². The Hall–Kier alpha value is -1.34. The van der Waals surface area contributed by atoms with Gasteiger partial charge in [-0.1, -0.05) is 0 Å². The second-order valence-corrected chi connectivity index (χ2v) is 5.80. The third-order valence-electron chi connectivity index (χ3n) is 2.77. The summed E-state index contributed by atoms with van der Waals surface area (Å²) in [5.74, 6) is -0.635. The molecule has 17 heavy (non-hydrogen) atoms. The molecule has 0 aliphatic carbocycles. The molecule has 2 heterocycles. The first kappa shape index (κ1) is 12.1. The van der Waals surface area contributed by atoms with Crippen LogP contribution in [0.3, 0.4) is 0 Å². The van der Waals surface area contributed by atoms with E-state index in [1.54, 1.807) is 13.0 Å². The SMILES string of the molecule is Cc1ccc(S(=O)(=O)N2CCCC2C(=O)O)o1. The van der Waals surface area contributed by atoms with Gasteiger partial charge in [0, 0.05) is 6.54 Å². The predicted octanol–water partition coefficient (Wildman–Crippen LogP) is 0.826. The highest BCUT2D eigenvalue weighted by Crippen LogP contribution is 2.27. The molecule has 0 spiro atoms. The van der Waals surface area contributed by atoms with E-state index in [1.807, 2.05) is 0 Å². The van der Waals surface area contributed by atoms with Crippen LogP contribution in [-0.4, -0.2) is 36.4 Å². The van der Waals surface area contributed by atoms with Crippen LogP contribution in [0.15, 0.2) is 21.6 Å². The molecule has 1 aliphatic heterocycles. The van der Waals surface area contributed by atoms with E-state index >= 15 is 0 Å². The van der Waals surface area contributed by atoms with Gasteiger partial charge in [-0.05, 0) is 31.9 Å². The van der Waals surface area contributed by atoms with Crippen molar-refractivity contribution >= 4 is 16.0 Å². The Morgan fingerprint density at radius 1 is 1.53 bits per heavy atom. The van der Waals surface area contributed by atoms with Gasteiger partial charge < -0.3 is 9.52 Å². The van der Waals surface area contributed by atoms with E-state index in [1.165, 1.54) is 6.07 Å². The average Bonchev–Trinajstić information content (AvgIpc) is 2.84. The number of hydrogen-bond acceptors (Lipinski definition) is 4. The molecule has 1 atom stereocenters. The fourth-order valence-electron chi connectivity index (χ4n) is 1.94. The molecule has 2 rings (SSSR count). The number of carbonyl (C=O) groups is 1. The van der Waals surface area contributed by atoms with Crippen molar-refractivity contribution in [3.63, 3.8) is 0 Å². The first-order valence-corrected chi connectivity index (χ1v) is 6.68. The van der Waals surface area contributed by atoms with E-state index in [9.17, 15) is 13.2 Å². The highest BCUT2D eigenvalue weighted by molar-refractivity contribution is 7.89. The summed E-state index contributed by atoms with van der Waals surface area (Å²) in [5, 5.41) is 8.77. The predicted molar refractivity (Wildman–Crippen MR) is 58.0 cm³/mol. The van der Waals surface area contributed by atoms with Crippen LogP contribution in [0, 0.1) is 6.92 Å². The van der Waals surface area contributed by atoms with Gasteiger partial charge in [-0.3, -0.25) is 4.79 Å². The molecule has 1 unspecified atom stereocenters. The highest BCUT2D eigenvalue weighted by Gasteiger charge is 2.40. The van der Waals surface area contributed by atoms with E-state index in [0.29, 0.717) is 18.6 Å². The minimum Gasteiger partial charge on any atom is -0.480 e. The normalized spacial score (nSPS) is 21.8. The minimum absolute atomic E-state index is 0.192. The number of sulfonamides is 1. The lowest BCUT2D eigenvalue weighted by Gasteiger charge is -2.19. The fourth-order valence-corrected chi connectivity index (χ4v) is 3.55. The Labute approximate surface area is 98.9 Å². The zero-order valence-corrected chi connectivity index (χ0v) is 10.1. The van der Waals surface area contributed by atoms with Gasteiger partial charge in [0.1, 0.15) is 11.8 Å². The monoisotopic (exact) mass is 259 g/mol. The summed E-state index contributed by atoms with van der Waals surface area (Å²) < 4.78 is 30.3. The number of aryl methyl sites for hydroxylation is 1. The van der Waals surface area contributed by atoms with Gasteiger partial charge >= 0.3 is 5.97 Å². The molecule has 6 nitrogen and oxygen atoms in total. The topological polar surface area (TPSA) is 87.8 Å². The van der Waals surface area contributed by atoms with Crippen molar-refractivity contribution in [3.05, 3.63) is 17.9 Å². The Kier molecular flexibility index (Phi) is 2.96. The van der Waals surface area contributed by atoms with Gasteiger partial charge in [0.25, 0.3) is 10.0 Å². The zero-order valence-electron chi connectivity index (χ0n) is 9.29. The van der Waals surface area contributed by atoms with Gasteiger partial charge in [-0.15, -0.1) is 0 Å². The van der Waals surface area contributed by atoms with E-state index in [2.05, 4.69) is 0 Å². The lowest BCUT2D eigenvalue weighted by molar-refractivity contribution is -0.140.